The Morgan fingerprint density at radius 3 is 0.814 bits per heavy atom. The van der Waals surface area contributed by atoms with Gasteiger partial charge in [-0.1, -0.05) is 290 Å². The molecular formula is C53H107NO5. The third-order valence-corrected chi connectivity index (χ3v) is 13.1. The molecule has 0 fully saturated rings. The molecule has 0 spiro atoms. The lowest BCUT2D eigenvalue weighted by Gasteiger charge is -2.27. The largest absolute Gasteiger partial charge is 0.394 e. The van der Waals surface area contributed by atoms with Crippen LogP contribution in [0, 0.1) is 0 Å². The van der Waals surface area contributed by atoms with Gasteiger partial charge in [0.05, 0.1) is 18.8 Å². The van der Waals surface area contributed by atoms with E-state index in [1.165, 1.54) is 238 Å². The van der Waals surface area contributed by atoms with E-state index < -0.39 is 36.9 Å². The number of hydrogen-bond acceptors (Lipinski definition) is 5. The van der Waals surface area contributed by atoms with Gasteiger partial charge in [0.15, 0.2) is 0 Å². The molecule has 0 aromatic heterocycles. The van der Waals surface area contributed by atoms with Crippen LogP contribution in [-0.2, 0) is 4.79 Å². The van der Waals surface area contributed by atoms with Crippen LogP contribution in [0.5, 0.6) is 0 Å². The minimum atomic E-state index is -1.25. The van der Waals surface area contributed by atoms with Crippen LogP contribution in [0.3, 0.4) is 0 Å². The van der Waals surface area contributed by atoms with E-state index in [0.29, 0.717) is 12.8 Å². The van der Waals surface area contributed by atoms with Gasteiger partial charge in [-0.05, 0) is 12.8 Å². The second kappa shape index (κ2) is 48.3. The average molecular weight is 838 g/mol. The zero-order valence-corrected chi connectivity index (χ0v) is 40.0. The summed E-state index contributed by atoms with van der Waals surface area (Å²) >= 11 is 0. The summed E-state index contributed by atoms with van der Waals surface area (Å²) in [6.45, 7) is 4.07. The van der Waals surface area contributed by atoms with Gasteiger partial charge in [0.25, 0.3) is 0 Å². The Bertz CT molecular complexity index is 811. The number of unbranched alkanes of at least 4 members (excludes halogenated alkanes) is 41. The summed E-state index contributed by atoms with van der Waals surface area (Å²) in [5.41, 5.74) is 0. The molecule has 0 saturated heterocycles. The molecule has 0 aliphatic carbocycles. The number of carbonyl (C=O) groups is 1. The first-order valence-electron chi connectivity index (χ1n) is 26.9. The minimum absolute atomic E-state index is 0.376. The highest BCUT2D eigenvalue weighted by Crippen LogP contribution is 2.18. The van der Waals surface area contributed by atoms with Crippen molar-refractivity contribution in [3.8, 4) is 0 Å². The molecule has 0 aromatic rings. The topological polar surface area (TPSA) is 110 Å². The number of rotatable bonds is 50. The summed E-state index contributed by atoms with van der Waals surface area (Å²) in [7, 11) is 0. The van der Waals surface area contributed by atoms with Crippen molar-refractivity contribution < 1.29 is 25.2 Å². The van der Waals surface area contributed by atoms with Crippen LogP contribution in [0.2, 0.25) is 0 Å². The van der Waals surface area contributed by atoms with Crippen LogP contribution in [0.15, 0.2) is 0 Å². The smallest absolute Gasteiger partial charge is 0.249 e. The third-order valence-electron chi connectivity index (χ3n) is 13.1. The second-order valence-electron chi connectivity index (χ2n) is 18.9. The lowest BCUT2D eigenvalue weighted by Crippen LogP contribution is -2.53. The first kappa shape index (κ1) is 58.3. The molecule has 0 aliphatic rings. The maximum absolute atomic E-state index is 12.5. The molecule has 0 saturated carbocycles. The van der Waals surface area contributed by atoms with Crippen LogP contribution in [-0.4, -0.2) is 57.3 Å². The van der Waals surface area contributed by atoms with Crippen molar-refractivity contribution in [1.29, 1.82) is 0 Å². The van der Waals surface area contributed by atoms with Crippen molar-refractivity contribution in [2.45, 2.75) is 327 Å². The van der Waals surface area contributed by atoms with Crippen molar-refractivity contribution >= 4 is 5.91 Å². The van der Waals surface area contributed by atoms with E-state index in [0.717, 1.165) is 38.5 Å². The highest BCUT2D eigenvalue weighted by Gasteiger charge is 2.28. The molecule has 6 nitrogen and oxygen atoms in total. The van der Waals surface area contributed by atoms with E-state index >= 15 is 0 Å². The zero-order valence-electron chi connectivity index (χ0n) is 40.0. The quantitative estimate of drug-likeness (QED) is 0.0392. The predicted molar refractivity (Wildman–Crippen MR) is 256 cm³/mol. The molecule has 6 heteroatoms. The lowest BCUT2D eigenvalue weighted by atomic mass is 9.99. The molecule has 1 unspecified atom stereocenters. The van der Waals surface area contributed by atoms with Crippen LogP contribution >= 0.6 is 0 Å². The van der Waals surface area contributed by atoms with Crippen LogP contribution in [0.25, 0.3) is 0 Å². The fourth-order valence-electron chi connectivity index (χ4n) is 8.82. The van der Waals surface area contributed by atoms with Crippen LogP contribution in [0.1, 0.15) is 303 Å². The Morgan fingerprint density at radius 1 is 0.356 bits per heavy atom. The maximum atomic E-state index is 12.5. The first-order valence-corrected chi connectivity index (χ1v) is 26.9. The van der Waals surface area contributed by atoms with Crippen LogP contribution < -0.4 is 5.32 Å². The average Bonchev–Trinajstić information content (AvgIpc) is 3.24. The van der Waals surface area contributed by atoms with Crippen molar-refractivity contribution in [3.63, 3.8) is 0 Å². The van der Waals surface area contributed by atoms with Gasteiger partial charge in [-0.2, -0.15) is 0 Å². The fourth-order valence-corrected chi connectivity index (χ4v) is 8.82. The van der Waals surface area contributed by atoms with Gasteiger partial charge in [-0.3, -0.25) is 4.79 Å². The Morgan fingerprint density at radius 2 is 0.576 bits per heavy atom. The second-order valence-corrected chi connectivity index (χ2v) is 18.9. The fraction of sp³-hybridized carbons (Fsp3) is 0.981. The van der Waals surface area contributed by atoms with E-state index in [1.54, 1.807) is 0 Å². The monoisotopic (exact) mass is 838 g/mol. The lowest BCUT2D eigenvalue weighted by molar-refractivity contribution is -0.132. The summed E-state index contributed by atoms with van der Waals surface area (Å²) in [5, 5.41) is 43.8. The molecule has 0 heterocycles. The first-order chi connectivity index (χ1) is 29.0. The summed E-state index contributed by atoms with van der Waals surface area (Å²) < 4.78 is 0. The van der Waals surface area contributed by atoms with E-state index in [-0.39, 0.29) is 0 Å². The Labute approximate surface area is 369 Å². The molecule has 1 amide bonds. The molecule has 354 valence electrons. The zero-order chi connectivity index (χ0) is 43.1. The number of carbonyl (C=O) groups excluding carboxylic acids is 1. The number of amides is 1. The standard InChI is InChI=1S/C53H107NO5/c1-3-5-7-9-11-13-15-17-18-19-20-21-22-23-24-25-26-27-28-29-30-31-32-33-34-35-37-39-41-43-45-47-51(57)53(59)54-49(48-55)52(58)50(56)46-44-42-40-38-36-16-14-12-10-8-6-4-2/h49-52,55-58H,3-48H2,1-2H3,(H,54,59)/t49-,50+,51?,52-/m0/s1. The van der Waals surface area contributed by atoms with Crippen molar-refractivity contribution in [3.05, 3.63) is 0 Å². The van der Waals surface area contributed by atoms with Gasteiger partial charge in [0.2, 0.25) is 5.91 Å². The Hall–Kier alpha value is -0.690. The number of aliphatic hydroxyl groups is 4. The number of hydrogen-bond donors (Lipinski definition) is 5. The van der Waals surface area contributed by atoms with Crippen LogP contribution in [0.4, 0.5) is 0 Å². The van der Waals surface area contributed by atoms with Gasteiger partial charge in [0, 0.05) is 0 Å². The SMILES string of the molecule is CCCCCCCCCCCCCCCCCCCCCCCCCCCCCCCCCC(O)C(=O)N[C@@H](CO)[C@H](O)[C@H](O)CCCCCCCCCCCCCC. The molecule has 0 radical (unpaired) electrons. The highest BCUT2D eigenvalue weighted by molar-refractivity contribution is 5.80. The Balaban J connectivity index is 3.51. The highest BCUT2D eigenvalue weighted by atomic mass is 16.3. The number of nitrogens with one attached hydrogen (secondary N) is 1. The summed E-state index contributed by atoms with van der Waals surface area (Å²) in [6, 6.07) is -0.979. The normalized spacial score (nSPS) is 13.8. The van der Waals surface area contributed by atoms with E-state index in [9.17, 15) is 25.2 Å². The molecule has 5 N–H and O–H groups in total. The molecule has 0 rings (SSSR count). The van der Waals surface area contributed by atoms with E-state index in [2.05, 4.69) is 19.2 Å². The van der Waals surface area contributed by atoms with Crippen molar-refractivity contribution in [2.24, 2.45) is 0 Å². The van der Waals surface area contributed by atoms with Crippen molar-refractivity contribution in [2.75, 3.05) is 6.61 Å². The van der Waals surface area contributed by atoms with Gasteiger partial charge < -0.3 is 25.7 Å². The molecule has 4 atom stereocenters. The summed E-state index contributed by atoms with van der Waals surface area (Å²) in [6.07, 6.45) is 54.7. The molecular weight excluding hydrogens is 731 g/mol. The van der Waals surface area contributed by atoms with E-state index in [1.807, 2.05) is 0 Å². The summed E-state index contributed by atoms with van der Waals surface area (Å²) in [4.78, 5) is 12.5. The molecule has 59 heavy (non-hydrogen) atoms. The van der Waals surface area contributed by atoms with Gasteiger partial charge >= 0.3 is 0 Å². The van der Waals surface area contributed by atoms with Gasteiger partial charge in [0.1, 0.15) is 12.2 Å². The van der Waals surface area contributed by atoms with Crippen molar-refractivity contribution in [1.82, 2.24) is 5.32 Å². The summed E-state index contributed by atoms with van der Waals surface area (Å²) in [5.74, 6) is -0.578. The molecule has 0 bridgehead atoms. The van der Waals surface area contributed by atoms with Gasteiger partial charge in [-0.15, -0.1) is 0 Å². The van der Waals surface area contributed by atoms with Gasteiger partial charge in [-0.25, -0.2) is 0 Å². The third kappa shape index (κ3) is 42.4. The Kier molecular flexibility index (Phi) is 47.8. The predicted octanol–water partition coefficient (Wildman–Crippen LogP) is 15.1. The minimum Gasteiger partial charge on any atom is -0.394 e. The number of aliphatic hydroxyl groups excluding tert-OH is 4. The molecule has 0 aromatic carbocycles. The maximum Gasteiger partial charge on any atom is 0.249 e. The van der Waals surface area contributed by atoms with E-state index in [4.69, 9.17) is 0 Å². The molecule has 0 aliphatic heterocycles.